The minimum atomic E-state index is -0.313. The van der Waals surface area contributed by atoms with Gasteiger partial charge in [-0.05, 0) is 50.3 Å². The number of hydrogen-bond acceptors (Lipinski definition) is 4. The highest BCUT2D eigenvalue weighted by molar-refractivity contribution is 7.23. The number of aryl methyl sites for hydroxylation is 1. The first-order valence-corrected chi connectivity index (χ1v) is 9.80. The molecular weight excluding hydrogens is 420 g/mol. The summed E-state index contributed by atoms with van der Waals surface area (Å²) in [4.78, 5) is 21.4. The number of anilines is 1. The largest absolute Gasteiger partial charge is 0.308 e. The third kappa shape index (κ3) is 5.20. The van der Waals surface area contributed by atoms with Crippen LogP contribution in [-0.4, -0.2) is 43.0 Å². The average molecular weight is 442 g/mol. The van der Waals surface area contributed by atoms with Crippen LogP contribution < -0.4 is 4.90 Å². The molecule has 0 saturated carbocycles. The number of halogens is 3. The number of nitrogens with zero attached hydrogens (tertiary/aromatic N) is 3. The number of aromatic nitrogens is 1. The monoisotopic (exact) mass is 441 g/mol. The summed E-state index contributed by atoms with van der Waals surface area (Å²) >= 11 is 7.74. The van der Waals surface area contributed by atoms with E-state index in [9.17, 15) is 9.18 Å². The van der Waals surface area contributed by atoms with Crippen molar-refractivity contribution in [2.75, 3.05) is 32.1 Å². The maximum Gasteiger partial charge on any atom is 0.233 e. The van der Waals surface area contributed by atoms with Gasteiger partial charge in [0.1, 0.15) is 5.82 Å². The lowest BCUT2D eigenvalue weighted by atomic mass is 10.1. The molecule has 8 heteroatoms. The Kier molecular flexibility index (Phi) is 7.78. The Labute approximate surface area is 179 Å². The molecule has 3 aromatic rings. The van der Waals surface area contributed by atoms with Crippen molar-refractivity contribution in [3.05, 3.63) is 58.4 Å². The van der Waals surface area contributed by atoms with E-state index < -0.39 is 0 Å². The summed E-state index contributed by atoms with van der Waals surface area (Å²) < 4.78 is 14.0. The van der Waals surface area contributed by atoms with Crippen LogP contribution in [0.5, 0.6) is 0 Å². The van der Waals surface area contributed by atoms with E-state index in [0.29, 0.717) is 23.2 Å². The van der Waals surface area contributed by atoms with Gasteiger partial charge in [0, 0.05) is 13.1 Å². The summed E-state index contributed by atoms with van der Waals surface area (Å²) in [6.45, 7) is 3.20. The fourth-order valence-electron chi connectivity index (χ4n) is 2.71. The number of likely N-dealkylation sites (N-methyl/N-ethyl adjacent to an activating group) is 1. The normalized spacial score (nSPS) is 10.9. The van der Waals surface area contributed by atoms with Crippen molar-refractivity contribution in [3.8, 4) is 0 Å². The van der Waals surface area contributed by atoms with Crippen LogP contribution in [-0.2, 0) is 11.2 Å². The molecule has 0 aliphatic heterocycles. The van der Waals surface area contributed by atoms with E-state index in [4.69, 9.17) is 11.6 Å². The van der Waals surface area contributed by atoms with Gasteiger partial charge < -0.3 is 4.90 Å². The Morgan fingerprint density at radius 2 is 1.82 bits per heavy atom. The van der Waals surface area contributed by atoms with Crippen LogP contribution in [0.4, 0.5) is 9.52 Å². The standard InChI is InChI=1S/C20H21ClFN3OS.ClH/c1-13-4-9-16(21)19-18(13)23-20(27-19)25(11-10-24(2)3)17(26)12-14-5-7-15(22)8-6-14;/h4-9H,10-12H2,1-3H3;1H. The smallest absolute Gasteiger partial charge is 0.233 e. The Bertz CT molecular complexity index is 921. The molecule has 0 saturated heterocycles. The molecule has 0 N–H and O–H groups in total. The van der Waals surface area contributed by atoms with E-state index in [1.54, 1.807) is 17.0 Å². The summed E-state index contributed by atoms with van der Waals surface area (Å²) in [6.07, 6.45) is 0.191. The van der Waals surface area contributed by atoms with Crippen LogP contribution in [0, 0.1) is 12.7 Å². The maximum atomic E-state index is 13.1. The van der Waals surface area contributed by atoms with Crippen molar-refractivity contribution in [2.45, 2.75) is 13.3 Å². The van der Waals surface area contributed by atoms with Gasteiger partial charge in [0.15, 0.2) is 5.13 Å². The van der Waals surface area contributed by atoms with Crippen LogP contribution in [0.3, 0.4) is 0 Å². The van der Waals surface area contributed by atoms with Crippen LogP contribution in [0.15, 0.2) is 36.4 Å². The van der Waals surface area contributed by atoms with Gasteiger partial charge in [-0.25, -0.2) is 9.37 Å². The minimum Gasteiger partial charge on any atom is -0.308 e. The molecule has 28 heavy (non-hydrogen) atoms. The number of fused-ring (bicyclic) bond motifs is 1. The molecule has 4 nitrogen and oxygen atoms in total. The third-order valence-corrected chi connectivity index (χ3v) is 5.80. The molecule has 0 radical (unpaired) electrons. The van der Waals surface area contributed by atoms with Crippen molar-refractivity contribution in [3.63, 3.8) is 0 Å². The second-order valence-electron chi connectivity index (χ2n) is 6.69. The molecule has 3 rings (SSSR count). The molecule has 0 unspecified atom stereocenters. The minimum absolute atomic E-state index is 0. The fraction of sp³-hybridized carbons (Fsp3) is 0.300. The van der Waals surface area contributed by atoms with E-state index >= 15 is 0 Å². The van der Waals surface area contributed by atoms with Crippen molar-refractivity contribution < 1.29 is 9.18 Å². The van der Waals surface area contributed by atoms with Gasteiger partial charge in [0.25, 0.3) is 0 Å². The number of carbonyl (C=O) groups excluding carboxylic acids is 1. The quantitative estimate of drug-likeness (QED) is 0.542. The highest BCUT2D eigenvalue weighted by Gasteiger charge is 2.21. The average Bonchev–Trinajstić information content (AvgIpc) is 3.06. The summed E-state index contributed by atoms with van der Waals surface area (Å²) in [5, 5.41) is 1.27. The van der Waals surface area contributed by atoms with Gasteiger partial charge in [-0.3, -0.25) is 9.69 Å². The van der Waals surface area contributed by atoms with Crippen LogP contribution >= 0.6 is 35.3 Å². The molecule has 1 amide bonds. The van der Waals surface area contributed by atoms with Crippen LogP contribution in [0.1, 0.15) is 11.1 Å². The summed E-state index contributed by atoms with van der Waals surface area (Å²) in [5.74, 6) is -0.386. The van der Waals surface area contributed by atoms with E-state index in [1.165, 1.54) is 23.5 Å². The van der Waals surface area contributed by atoms with E-state index in [2.05, 4.69) is 4.98 Å². The van der Waals surface area contributed by atoms with Crippen LogP contribution in [0.25, 0.3) is 10.2 Å². The predicted molar refractivity (Wildman–Crippen MR) is 118 cm³/mol. The van der Waals surface area contributed by atoms with Crippen molar-refractivity contribution in [1.82, 2.24) is 9.88 Å². The van der Waals surface area contributed by atoms with E-state index in [-0.39, 0.29) is 30.6 Å². The second kappa shape index (κ2) is 9.65. The van der Waals surface area contributed by atoms with E-state index in [0.717, 1.165) is 21.3 Å². The zero-order chi connectivity index (χ0) is 19.6. The zero-order valence-corrected chi connectivity index (χ0v) is 18.3. The lowest BCUT2D eigenvalue weighted by molar-refractivity contribution is -0.118. The second-order valence-corrected chi connectivity index (χ2v) is 8.08. The van der Waals surface area contributed by atoms with Crippen molar-refractivity contribution in [2.24, 2.45) is 0 Å². The summed E-state index contributed by atoms with van der Waals surface area (Å²) in [7, 11) is 3.92. The lowest BCUT2D eigenvalue weighted by Crippen LogP contribution is -2.37. The Hall–Kier alpha value is -1.73. The number of carbonyl (C=O) groups is 1. The van der Waals surface area contributed by atoms with Gasteiger partial charge in [-0.2, -0.15) is 0 Å². The molecular formula is C20H22Cl2FN3OS. The summed E-state index contributed by atoms with van der Waals surface area (Å²) in [6, 6.07) is 9.79. The SMILES string of the molecule is Cc1ccc(Cl)c2sc(N(CCN(C)C)C(=O)Cc3ccc(F)cc3)nc12.Cl. The molecule has 0 aliphatic carbocycles. The Morgan fingerprint density at radius 1 is 1.14 bits per heavy atom. The molecule has 1 aromatic heterocycles. The number of amides is 1. The molecule has 0 bridgehead atoms. The topological polar surface area (TPSA) is 36.4 Å². The van der Waals surface area contributed by atoms with Crippen molar-refractivity contribution in [1.29, 1.82) is 0 Å². The Balaban J connectivity index is 0.00000280. The van der Waals surface area contributed by atoms with Gasteiger partial charge in [0.2, 0.25) is 5.91 Å². The third-order valence-electron chi connectivity index (χ3n) is 4.26. The zero-order valence-electron chi connectivity index (χ0n) is 15.9. The first-order valence-electron chi connectivity index (χ1n) is 8.60. The number of hydrogen-bond donors (Lipinski definition) is 0. The first-order chi connectivity index (χ1) is 12.8. The molecule has 0 aliphatic rings. The number of benzene rings is 2. The summed E-state index contributed by atoms with van der Waals surface area (Å²) in [5.41, 5.74) is 2.62. The van der Waals surface area contributed by atoms with Gasteiger partial charge >= 0.3 is 0 Å². The molecule has 0 fully saturated rings. The molecule has 150 valence electrons. The number of thiazole rings is 1. The predicted octanol–water partition coefficient (Wildman–Crippen LogP) is 4.96. The van der Waals surface area contributed by atoms with Gasteiger partial charge in [0.05, 0.1) is 21.7 Å². The lowest BCUT2D eigenvalue weighted by Gasteiger charge is -2.22. The highest BCUT2D eigenvalue weighted by atomic mass is 35.5. The first kappa shape index (κ1) is 22.6. The maximum absolute atomic E-state index is 13.1. The molecule has 1 heterocycles. The fourth-order valence-corrected chi connectivity index (χ4v) is 4.07. The molecule has 0 spiro atoms. The van der Waals surface area contributed by atoms with E-state index in [1.807, 2.05) is 38.1 Å². The van der Waals surface area contributed by atoms with Crippen molar-refractivity contribution >= 4 is 56.6 Å². The highest BCUT2D eigenvalue weighted by Crippen LogP contribution is 2.35. The number of rotatable bonds is 6. The van der Waals surface area contributed by atoms with Gasteiger partial charge in [-0.1, -0.05) is 41.1 Å². The Morgan fingerprint density at radius 3 is 2.43 bits per heavy atom. The molecule has 2 aromatic carbocycles. The molecule has 0 atom stereocenters. The van der Waals surface area contributed by atoms with Gasteiger partial charge in [-0.15, -0.1) is 12.4 Å². The van der Waals surface area contributed by atoms with Crippen LogP contribution in [0.2, 0.25) is 5.02 Å².